The third kappa shape index (κ3) is 3.57. The van der Waals surface area contributed by atoms with E-state index in [9.17, 15) is 4.79 Å². The molecule has 0 aromatic rings. The summed E-state index contributed by atoms with van der Waals surface area (Å²) in [6.07, 6.45) is 6.13. The molecule has 0 aromatic carbocycles. The van der Waals surface area contributed by atoms with Crippen molar-refractivity contribution in [3.63, 3.8) is 0 Å². The van der Waals surface area contributed by atoms with Crippen molar-refractivity contribution < 1.29 is 9.53 Å². The van der Waals surface area contributed by atoms with Crippen molar-refractivity contribution >= 4 is 5.78 Å². The van der Waals surface area contributed by atoms with Gasteiger partial charge in [0, 0.05) is 13.0 Å². The lowest BCUT2D eigenvalue weighted by Crippen LogP contribution is -2.24. The van der Waals surface area contributed by atoms with Crippen LogP contribution in [0.15, 0.2) is 11.5 Å². The summed E-state index contributed by atoms with van der Waals surface area (Å²) in [4.78, 5) is 11.5. The summed E-state index contributed by atoms with van der Waals surface area (Å²) >= 11 is 0. The summed E-state index contributed by atoms with van der Waals surface area (Å²) in [6.45, 7) is 3.13. The smallest absolute Gasteiger partial charge is 0.199 e. The molecule has 1 N–H and O–H groups in total. The molecule has 0 aromatic heterocycles. The Morgan fingerprint density at radius 2 is 2.13 bits per heavy atom. The van der Waals surface area contributed by atoms with E-state index < -0.39 is 0 Å². The molecule has 0 heterocycles. The molecule has 1 aliphatic carbocycles. The van der Waals surface area contributed by atoms with Crippen LogP contribution in [0.1, 0.15) is 45.4 Å². The maximum Gasteiger partial charge on any atom is 0.199 e. The topological polar surface area (TPSA) is 38.3 Å². The number of methoxy groups -OCH3 is 1. The van der Waals surface area contributed by atoms with Gasteiger partial charge in [-0.15, -0.1) is 0 Å². The predicted octanol–water partition coefficient (Wildman–Crippen LogP) is 2.38. The first-order valence-corrected chi connectivity index (χ1v) is 5.83. The first kappa shape index (κ1) is 12.1. The van der Waals surface area contributed by atoms with Crippen LogP contribution in [-0.2, 0) is 9.53 Å². The summed E-state index contributed by atoms with van der Waals surface area (Å²) in [7, 11) is 1.58. The Balaban J connectivity index is 2.45. The van der Waals surface area contributed by atoms with Gasteiger partial charge < -0.3 is 10.1 Å². The predicted molar refractivity (Wildman–Crippen MR) is 60.4 cm³/mol. The molecule has 3 heteroatoms. The number of rotatable bonds is 6. The van der Waals surface area contributed by atoms with Crippen LogP contribution in [0.4, 0.5) is 0 Å². The second kappa shape index (κ2) is 6.49. The molecule has 1 aliphatic rings. The minimum absolute atomic E-state index is 0.141. The summed E-state index contributed by atoms with van der Waals surface area (Å²) in [5.41, 5.74) is 1.00. The number of ketones is 1. The molecule has 0 bridgehead atoms. The minimum atomic E-state index is 0.141. The molecule has 1 rings (SSSR count). The van der Waals surface area contributed by atoms with Crippen molar-refractivity contribution in [2.24, 2.45) is 0 Å². The molecule has 0 saturated carbocycles. The zero-order valence-electron chi connectivity index (χ0n) is 9.77. The number of unbranched alkanes of at least 4 members (excludes halogenated alkanes) is 2. The van der Waals surface area contributed by atoms with Gasteiger partial charge in [-0.25, -0.2) is 0 Å². The average molecular weight is 211 g/mol. The Kier molecular flexibility index (Phi) is 5.22. The van der Waals surface area contributed by atoms with E-state index in [1.54, 1.807) is 7.11 Å². The van der Waals surface area contributed by atoms with E-state index in [1.165, 1.54) is 12.8 Å². The Labute approximate surface area is 91.9 Å². The fraction of sp³-hybridized carbons (Fsp3) is 0.750. The molecular formula is C12H21NO2. The van der Waals surface area contributed by atoms with Gasteiger partial charge in [-0.05, 0) is 19.3 Å². The number of ether oxygens (including phenoxy) is 1. The van der Waals surface area contributed by atoms with Crippen LogP contribution in [0.3, 0.4) is 0 Å². The second-order valence-electron chi connectivity index (χ2n) is 3.92. The summed E-state index contributed by atoms with van der Waals surface area (Å²) in [5, 5.41) is 3.32. The van der Waals surface area contributed by atoms with Gasteiger partial charge in [-0.1, -0.05) is 19.8 Å². The Hall–Kier alpha value is -0.990. The standard InChI is InChI=1S/C12H21NO2/c1-3-4-5-9-13-10-7-6-8-11(14)12(10)15-2/h13H,3-9H2,1-2H3. The van der Waals surface area contributed by atoms with Crippen LogP contribution < -0.4 is 5.32 Å². The number of hydrogen-bond acceptors (Lipinski definition) is 3. The minimum Gasteiger partial charge on any atom is -0.491 e. The zero-order valence-corrected chi connectivity index (χ0v) is 9.77. The quantitative estimate of drug-likeness (QED) is 0.685. The number of Topliss-reactive ketones (excluding diaryl/α,β-unsaturated/α-hetero) is 1. The first-order chi connectivity index (χ1) is 7.29. The van der Waals surface area contributed by atoms with Crippen LogP contribution in [0.5, 0.6) is 0 Å². The van der Waals surface area contributed by atoms with E-state index in [-0.39, 0.29) is 5.78 Å². The van der Waals surface area contributed by atoms with Gasteiger partial charge in [0.15, 0.2) is 11.5 Å². The largest absolute Gasteiger partial charge is 0.491 e. The lowest BCUT2D eigenvalue weighted by Gasteiger charge is -2.19. The van der Waals surface area contributed by atoms with Gasteiger partial charge in [-0.2, -0.15) is 0 Å². The summed E-state index contributed by atoms with van der Waals surface area (Å²) in [6, 6.07) is 0. The number of nitrogens with one attached hydrogen (secondary N) is 1. The van der Waals surface area contributed by atoms with Crippen LogP contribution >= 0.6 is 0 Å². The van der Waals surface area contributed by atoms with E-state index in [2.05, 4.69) is 12.2 Å². The van der Waals surface area contributed by atoms with Crippen LogP contribution in [0.25, 0.3) is 0 Å². The molecule has 86 valence electrons. The third-order valence-corrected chi connectivity index (χ3v) is 2.68. The van der Waals surface area contributed by atoms with Crippen LogP contribution in [-0.4, -0.2) is 19.4 Å². The highest BCUT2D eigenvalue weighted by atomic mass is 16.5. The maximum atomic E-state index is 11.5. The van der Waals surface area contributed by atoms with Gasteiger partial charge in [0.2, 0.25) is 0 Å². The number of hydrogen-bond donors (Lipinski definition) is 1. The van der Waals surface area contributed by atoms with Crippen molar-refractivity contribution in [3.8, 4) is 0 Å². The van der Waals surface area contributed by atoms with E-state index in [0.29, 0.717) is 12.2 Å². The first-order valence-electron chi connectivity index (χ1n) is 5.83. The molecule has 0 fully saturated rings. The fourth-order valence-electron chi connectivity index (χ4n) is 1.84. The number of carbonyl (C=O) groups is 1. The lowest BCUT2D eigenvalue weighted by molar-refractivity contribution is -0.119. The van der Waals surface area contributed by atoms with Gasteiger partial charge in [-0.3, -0.25) is 4.79 Å². The Bertz CT molecular complexity index is 246. The maximum absolute atomic E-state index is 11.5. The molecule has 15 heavy (non-hydrogen) atoms. The highest BCUT2D eigenvalue weighted by molar-refractivity contribution is 5.94. The normalized spacial score (nSPS) is 16.8. The second-order valence-corrected chi connectivity index (χ2v) is 3.92. The van der Waals surface area contributed by atoms with Crippen molar-refractivity contribution in [2.45, 2.75) is 45.4 Å². The van der Waals surface area contributed by atoms with Crippen molar-refractivity contribution in [2.75, 3.05) is 13.7 Å². The average Bonchev–Trinajstić information content (AvgIpc) is 2.24. The van der Waals surface area contributed by atoms with E-state index >= 15 is 0 Å². The SMILES string of the molecule is CCCCCNC1=C(OC)C(=O)CCC1. The van der Waals surface area contributed by atoms with Crippen LogP contribution in [0.2, 0.25) is 0 Å². The molecular weight excluding hydrogens is 190 g/mol. The van der Waals surface area contributed by atoms with Gasteiger partial charge in [0.1, 0.15) is 0 Å². The van der Waals surface area contributed by atoms with E-state index in [4.69, 9.17) is 4.74 Å². The third-order valence-electron chi connectivity index (χ3n) is 2.68. The molecule has 0 unspecified atom stereocenters. The monoisotopic (exact) mass is 211 g/mol. The molecule has 0 radical (unpaired) electrons. The van der Waals surface area contributed by atoms with E-state index in [0.717, 1.165) is 31.5 Å². The molecule has 0 spiro atoms. The Morgan fingerprint density at radius 1 is 1.33 bits per heavy atom. The zero-order chi connectivity index (χ0) is 11.1. The fourth-order valence-corrected chi connectivity index (χ4v) is 1.84. The molecule has 0 saturated heterocycles. The van der Waals surface area contributed by atoms with Gasteiger partial charge >= 0.3 is 0 Å². The van der Waals surface area contributed by atoms with Crippen molar-refractivity contribution in [1.29, 1.82) is 0 Å². The lowest BCUT2D eigenvalue weighted by atomic mass is 10.0. The van der Waals surface area contributed by atoms with Crippen LogP contribution in [0, 0.1) is 0 Å². The van der Waals surface area contributed by atoms with Gasteiger partial charge in [0.05, 0.1) is 12.8 Å². The molecule has 0 aliphatic heterocycles. The van der Waals surface area contributed by atoms with Crippen molar-refractivity contribution in [1.82, 2.24) is 5.32 Å². The highest BCUT2D eigenvalue weighted by Crippen LogP contribution is 2.20. The highest BCUT2D eigenvalue weighted by Gasteiger charge is 2.20. The van der Waals surface area contributed by atoms with E-state index in [1.807, 2.05) is 0 Å². The summed E-state index contributed by atoms with van der Waals surface area (Å²) in [5.74, 6) is 0.694. The van der Waals surface area contributed by atoms with Crippen molar-refractivity contribution in [3.05, 3.63) is 11.5 Å². The Morgan fingerprint density at radius 3 is 2.80 bits per heavy atom. The number of carbonyl (C=O) groups excluding carboxylic acids is 1. The molecule has 0 amide bonds. The molecule has 3 nitrogen and oxygen atoms in total. The summed E-state index contributed by atoms with van der Waals surface area (Å²) < 4.78 is 5.14. The van der Waals surface area contributed by atoms with Gasteiger partial charge in [0.25, 0.3) is 0 Å². The molecule has 0 atom stereocenters. The number of allylic oxidation sites excluding steroid dienone is 2.